The molecule has 2 aromatic carbocycles. The molecule has 140 valence electrons. The maximum Gasteiger partial charge on any atom is 0.277 e. The molecule has 0 bridgehead atoms. The molecular formula is C17H16F3IN2O3. The van der Waals surface area contributed by atoms with E-state index in [1.165, 1.54) is 12.1 Å². The van der Waals surface area contributed by atoms with Gasteiger partial charge in [-0.3, -0.25) is 9.63 Å². The molecule has 0 aliphatic rings. The minimum atomic E-state index is -1.24. The van der Waals surface area contributed by atoms with E-state index >= 15 is 0 Å². The zero-order valence-corrected chi connectivity index (χ0v) is 15.8. The lowest BCUT2D eigenvalue weighted by atomic mass is 10.1. The van der Waals surface area contributed by atoms with E-state index < -0.39 is 29.5 Å². The minimum absolute atomic E-state index is 0.00631. The van der Waals surface area contributed by atoms with Gasteiger partial charge in [0.25, 0.3) is 5.91 Å². The zero-order valence-electron chi connectivity index (χ0n) is 13.7. The molecule has 0 aliphatic heterocycles. The third-order valence-corrected chi connectivity index (χ3v) is 4.15. The number of carbonyl (C=O) groups excluding carboxylic acids is 1. The second kappa shape index (κ2) is 9.19. The molecular weight excluding hydrogens is 464 g/mol. The summed E-state index contributed by atoms with van der Waals surface area (Å²) in [5.74, 6) is -3.92. The Morgan fingerprint density at radius 3 is 2.46 bits per heavy atom. The monoisotopic (exact) mass is 480 g/mol. The summed E-state index contributed by atoms with van der Waals surface area (Å²) in [6, 6.07) is 5.71. The number of rotatable bonds is 7. The van der Waals surface area contributed by atoms with Crippen LogP contribution in [0.3, 0.4) is 0 Å². The molecule has 5 nitrogen and oxygen atoms in total. The second-order valence-electron chi connectivity index (χ2n) is 5.32. The fraction of sp³-hybridized carbons (Fsp3) is 0.235. The van der Waals surface area contributed by atoms with Crippen LogP contribution in [0.5, 0.6) is 0 Å². The number of hydrogen-bond acceptors (Lipinski definition) is 4. The molecule has 2 aromatic rings. The van der Waals surface area contributed by atoms with E-state index in [0.717, 1.165) is 6.07 Å². The molecule has 1 atom stereocenters. The highest BCUT2D eigenvalue weighted by atomic mass is 127. The fourth-order valence-corrected chi connectivity index (χ4v) is 2.47. The number of hydroxylamine groups is 1. The SMILES string of the molecule is CCC(CO)ONC(=O)c1cc(F)c(F)cc1Nc1ccc(I)cc1F. The van der Waals surface area contributed by atoms with Gasteiger partial charge in [-0.2, -0.15) is 0 Å². The van der Waals surface area contributed by atoms with Crippen LogP contribution in [0.2, 0.25) is 0 Å². The van der Waals surface area contributed by atoms with E-state index in [2.05, 4.69) is 10.8 Å². The Kier molecular flexibility index (Phi) is 7.23. The van der Waals surface area contributed by atoms with Crippen molar-refractivity contribution in [2.24, 2.45) is 0 Å². The smallest absolute Gasteiger partial charge is 0.277 e. The molecule has 0 aliphatic carbocycles. The predicted octanol–water partition coefficient (Wildman–Crippen LogP) is 3.88. The lowest BCUT2D eigenvalue weighted by Gasteiger charge is -2.16. The topological polar surface area (TPSA) is 70.6 Å². The predicted molar refractivity (Wildman–Crippen MR) is 98.5 cm³/mol. The van der Waals surface area contributed by atoms with Crippen molar-refractivity contribution in [2.45, 2.75) is 19.4 Å². The zero-order chi connectivity index (χ0) is 19.3. The van der Waals surface area contributed by atoms with Gasteiger partial charge in [-0.15, -0.1) is 0 Å². The molecule has 0 saturated carbocycles. The number of carbonyl (C=O) groups is 1. The summed E-state index contributed by atoms with van der Waals surface area (Å²) in [7, 11) is 0. The van der Waals surface area contributed by atoms with Crippen molar-refractivity contribution in [3.63, 3.8) is 0 Å². The molecule has 0 aromatic heterocycles. The van der Waals surface area contributed by atoms with Gasteiger partial charge in [0.15, 0.2) is 11.6 Å². The van der Waals surface area contributed by atoms with Crippen molar-refractivity contribution < 1.29 is 27.9 Å². The van der Waals surface area contributed by atoms with Gasteiger partial charge in [0, 0.05) is 9.64 Å². The fourth-order valence-electron chi connectivity index (χ4n) is 2.02. The van der Waals surface area contributed by atoms with Gasteiger partial charge in [-0.25, -0.2) is 18.7 Å². The number of halogens is 4. The second-order valence-corrected chi connectivity index (χ2v) is 6.57. The van der Waals surface area contributed by atoms with E-state index in [-0.39, 0.29) is 23.5 Å². The van der Waals surface area contributed by atoms with Crippen molar-refractivity contribution in [2.75, 3.05) is 11.9 Å². The van der Waals surface area contributed by atoms with E-state index in [4.69, 9.17) is 9.94 Å². The van der Waals surface area contributed by atoms with Crippen LogP contribution in [-0.4, -0.2) is 23.7 Å². The summed E-state index contributed by atoms with van der Waals surface area (Å²) in [5, 5.41) is 11.6. The summed E-state index contributed by atoms with van der Waals surface area (Å²) in [6.45, 7) is 1.41. The number of amides is 1. The Morgan fingerprint density at radius 2 is 1.85 bits per heavy atom. The first kappa shape index (κ1) is 20.5. The Morgan fingerprint density at radius 1 is 1.15 bits per heavy atom. The molecule has 0 spiro atoms. The van der Waals surface area contributed by atoms with Crippen LogP contribution in [0.15, 0.2) is 30.3 Å². The van der Waals surface area contributed by atoms with E-state index in [0.29, 0.717) is 16.1 Å². The molecule has 0 fully saturated rings. The van der Waals surface area contributed by atoms with E-state index in [1.54, 1.807) is 13.0 Å². The Bertz CT molecular complexity index is 801. The Balaban J connectivity index is 2.30. The lowest BCUT2D eigenvalue weighted by molar-refractivity contribution is -0.0408. The Hall–Kier alpha value is -1.85. The molecule has 1 amide bonds. The highest BCUT2D eigenvalue weighted by molar-refractivity contribution is 14.1. The number of aliphatic hydroxyl groups is 1. The Labute approximate surface area is 161 Å². The van der Waals surface area contributed by atoms with Gasteiger partial charge >= 0.3 is 0 Å². The summed E-state index contributed by atoms with van der Waals surface area (Å²) in [5.41, 5.74) is 1.65. The van der Waals surface area contributed by atoms with Crippen LogP contribution >= 0.6 is 22.6 Å². The van der Waals surface area contributed by atoms with Crippen molar-refractivity contribution in [3.05, 3.63) is 56.9 Å². The summed E-state index contributed by atoms with van der Waals surface area (Å²) < 4.78 is 41.8. The van der Waals surface area contributed by atoms with Gasteiger partial charge in [0.1, 0.15) is 11.9 Å². The van der Waals surface area contributed by atoms with Gasteiger partial charge in [-0.1, -0.05) is 6.92 Å². The van der Waals surface area contributed by atoms with Crippen molar-refractivity contribution in [3.8, 4) is 0 Å². The highest BCUT2D eigenvalue weighted by Crippen LogP contribution is 2.26. The third-order valence-electron chi connectivity index (χ3n) is 3.48. The summed E-state index contributed by atoms with van der Waals surface area (Å²) >= 11 is 1.93. The minimum Gasteiger partial charge on any atom is -0.394 e. The molecule has 0 saturated heterocycles. The molecule has 1 unspecified atom stereocenters. The van der Waals surface area contributed by atoms with Crippen LogP contribution in [0.1, 0.15) is 23.7 Å². The normalized spacial score (nSPS) is 11.9. The largest absolute Gasteiger partial charge is 0.394 e. The summed E-state index contributed by atoms with van der Waals surface area (Å²) in [4.78, 5) is 17.3. The average molecular weight is 480 g/mol. The molecule has 3 N–H and O–H groups in total. The van der Waals surface area contributed by atoms with Gasteiger partial charge in [-0.05, 0) is 53.3 Å². The number of benzene rings is 2. The van der Waals surface area contributed by atoms with E-state index in [1.807, 2.05) is 22.6 Å². The lowest BCUT2D eigenvalue weighted by Crippen LogP contribution is -2.31. The average Bonchev–Trinajstić information content (AvgIpc) is 2.61. The number of aliphatic hydroxyl groups excluding tert-OH is 1. The molecule has 9 heteroatoms. The van der Waals surface area contributed by atoms with Crippen molar-refractivity contribution >= 4 is 39.9 Å². The van der Waals surface area contributed by atoms with Gasteiger partial charge in [0.2, 0.25) is 0 Å². The molecule has 26 heavy (non-hydrogen) atoms. The first-order valence-corrected chi connectivity index (χ1v) is 8.71. The quantitative estimate of drug-likeness (QED) is 0.416. The maximum atomic E-state index is 14.0. The number of hydrogen-bond donors (Lipinski definition) is 3. The number of nitrogens with one attached hydrogen (secondary N) is 2. The van der Waals surface area contributed by atoms with Crippen LogP contribution in [0.4, 0.5) is 24.5 Å². The van der Waals surface area contributed by atoms with Crippen molar-refractivity contribution in [1.82, 2.24) is 5.48 Å². The maximum absolute atomic E-state index is 14.0. The number of anilines is 2. The van der Waals surface area contributed by atoms with Gasteiger partial charge < -0.3 is 10.4 Å². The first-order valence-electron chi connectivity index (χ1n) is 7.63. The van der Waals surface area contributed by atoms with Crippen LogP contribution < -0.4 is 10.8 Å². The first-order chi connectivity index (χ1) is 12.3. The standard InChI is InChI=1S/C17H16F3IN2O3/c1-2-10(8-24)26-23-17(25)11-6-12(18)13(19)7-16(11)22-15-4-3-9(21)5-14(15)20/h3-7,10,22,24H,2,8H2,1H3,(H,23,25). The van der Waals surface area contributed by atoms with E-state index in [9.17, 15) is 18.0 Å². The third kappa shape index (κ3) is 5.08. The summed E-state index contributed by atoms with van der Waals surface area (Å²) in [6.07, 6.45) is -0.220. The molecule has 0 radical (unpaired) electrons. The van der Waals surface area contributed by atoms with Crippen LogP contribution in [0.25, 0.3) is 0 Å². The highest BCUT2D eigenvalue weighted by Gasteiger charge is 2.19. The molecule has 0 heterocycles. The molecule has 2 rings (SSSR count). The van der Waals surface area contributed by atoms with Crippen LogP contribution in [0, 0.1) is 21.0 Å². The van der Waals surface area contributed by atoms with Crippen LogP contribution in [-0.2, 0) is 4.84 Å². The van der Waals surface area contributed by atoms with Gasteiger partial charge in [0.05, 0.1) is 23.5 Å². The van der Waals surface area contributed by atoms with Crippen molar-refractivity contribution in [1.29, 1.82) is 0 Å².